The molecule has 0 spiro atoms. The van der Waals surface area contributed by atoms with Gasteiger partial charge in [-0.1, -0.05) is 13.8 Å². The first-order chi connectivity index (χ1) is 9.14. The summed E-state index contributed by atoms with van der Waals surface area (Å²) in [6.45, 7) is 5.64. The summed E-state index contributed by atoms with van der Waals surface area (Å²) in [6, 6.07) is 0. The van der Waals surface area contributed by atoms with Crippen molar-refractivity contribution in [2.24, 2.45) is 23.7 Å². The molecule has 0 aromatic carbocycles. The molecule has 1 aromatic heterocycles. The van der Waals surface area contributed by atoms with Crippen LogP contribution in [-0.2, 0) is 12.0 Å². The van der Waals surface area contributed by atoms with Crippen LogP contribution in [0.5, 0.6) is 0 Å². The monoisotopic (exact) mass is 259 g/mol. The van der Waals surface area contributed by atoms with Crippen LogP contribution in [0.15, 0.2) is 6.33 Å². The number of aromatic nitrogens is 3. The topological polar surface area (TPSA) is 30.7 Å². The number of nitrogens with zero attached hydrogens (tertiary/aromatic N) is 3. The van der Waals surface area contributed by atoms with Gasteiger partial charge in [-0.25, -0.2) is 0 Å². The Hall–Kier alpha value is -0.860. The summed E-state index contributed by atoms with van der Waals surface area (Å²) in [6.07, 6.45) is 10.6. The predicted molar refractivity (Wildman–Crippen MR) is 74.7 cm³/mol. The Kier molecular flexibility index (Phi) is 2.55. The summed E-state index contributed by atoms with van der Waals surface area (Å²) < 4.78 is 2.36. The summed E-state index contributed by atoms with van der Waals surface area (Å²) in [5.74, 6) is 4.94. The second-order valence-corrected chi connectivity index (χ2v) is 7.90. The highest BCUT2D eigenvalue weighted by atomic mass is 15.3. The van der Waals surface area contributed by atoms with Crippen LogP contribution in [0.25, 0.3) is 0 Å². The third kappa shape index (κ3) is 1.85. The third-order valence-electron chi connectivity index (χ3n) is 5.69. The van der Waals surface area contributed by atoms with E-state index < -0.39 is 0 Å². The highest BCUT2D eigenvalue weighted by molar-refractivity contribution is 5.17. The predicted octanol–water partition coefficient (Wildman–Crippen LogP) is 3.40. The minimum atomic E-state index is 0.389. The zero-order chi connectivity index (χ0) is 13.0. The molecule has 3 nitrogen and oxygen atoms in total. The second kappa shape index (κ2) is 4.07. The lowest BCUT2D eigenvalue weighted by Gasteiger charge is -2.56. The Morgan fingerprint density at radius 1 is 1.16 bits per heavy atom. The number of hydrogen-bond donors (Lipinski definition) is 0. The van der Waals surface area contributed by atoms with Gasteiger partial charge in [0.05, 0.1) is 0 Å². The van der Waals surface area contributed by atoms with E-state index in [-0.39, 0.29) is 0 Å². The van der Waals surface area contributed by atoms with Gasteiger partial charge in [0.15, 0.2) is 0 Å². The van der Waals surface area contributed by atoms with Gasteiger partial charge in [-0.15, -0.1) is 10.2 Å². The Morgan fingerprint density at radius 3 is 2.26 bits per heavy atom. The first kappa shape index (κ1) is 11.9. The molecule has 1 aromatic rings. The molecule has 4 aliphatic rings. The standard InChI is InChI=1S/C16H25N3/c1-11(2)9-19-10-17-18-15(19)16-6-12-3-13(7-16)5-14(4-12)8-16/h10-14H,3-9H2,1-2H3. The molecule has 0 unspecified atom stereocenters. The lowest BCUT2D eigenvalue weighted by atomic mass is 9.49. The first-order valence-corrected chi connectivity index (χ1v) is 8.03. The van der Waals surface area contributed by atoms with E-state index in [1.165, 1.54) is 44.3 Å². The third-order valence-corrected chi connectivity index (χ3v) is 5.69. The van der Waals surface area contributed by atoms with Crippen LogP contribution in [0.1, 0.15) is 58.2 Å². The van der Waals surface area contributed by atoms with Crippen LogP contribution in [-0.4, -0.2) is 14.8 Å². The maximum absolute atomic E-state index is 4.57. The van der Waals surface area contributed by atoms with Crippen LogP contribution in [0.3, 0.4) is 0 Å². The van der Waals surface area contributed by atoms with E-state index >= 15 is 0 Å². The summed E-state index contributed by atoms with van der Waals surface area (Å²) in [7, 11) is 0. The molecular weight excluding hydrogens is 234 g/mol. The van der Waals surface area contributed by atoms with E-state index in [1.54, 1.807) is 0 Å². The van der Waals surface area contributed by atoms with Crippen molar-refractivity contribution in [3.05, 3.63) is 12.2 Å². The van der Waals surface area contributed by atoms with Crippen molar-refractivity contribution in [1.82, 2.24) is 14.8 Å². The molecule has 4 bridgehead atoms. The Morgan fingerprint density at radius 2 is 1.74 bits per heavy atom. The van der Waals surface area contributed by atoms with Gasteiger partial charge in [0.2, 0.25) is 0 Å². The van der Waals surface area contributed by atoms with Gasteiger partial charge in [-0.3, -0.25) is 0 Å². The second-order valence-electron chi connectivity index (χ2n) is 7.90. The maximum atomic E-state index is 4.57. The van der Waals surface area contributed by atoms with Crippen LogP contribution < -0.4 is 0 Å². The average molecular weight is 259 g/mol. The summed E-state index contributed by atoms with van der Waals surface area (Å²) in [4.78, 5) is 0. The van der Waals surface area contributed by atoms with Crippen molar-refractivity contribution in [3.8, 4) is 0 Å². The van der Waals surface area contributed by atoms with Gasteiger partial charge >= 0.3 is 0 Å². The molecule has 0 radical (unpaired) electrons. The minimum absolute atomic E-state index is 0.389. The van der Waals surface area contributed by atoms with E-state index in [0.717, 1.165) is 24.3 Å². The fraction of sp³-hybridized carbons (Fsp3) is 0.875. The molecule has 0 aliphatic heterocycles. The van der Waals surface area contributed by atoms with Gasteiger partial charge in [-0.05, 0) is 62.2 Å². The van der Waals surface area contributed by atoms with Gasteiger partial charge < -0.3 is 4.57 Å². The number of rotatable bonds is 3. The largest absolute Gasteiger partial charge is 0.317 e. The van der Waals surface area contributed by atoms with Crippen molar-refractivity contribution >= 4 is 0 Å². The molecular formula is C16H25N3. The zero-order valence-corrected chi connectivity index (χ0v) is 12.2. The highest BCUT2D eigenvalue weighted by Gasteiger charge is 2.53. The Labute approximate surface area is 115 Å². The lowest BCUT2D eigenvalue weighted by molar-refractivity contribution is -0.0113. The lowest BCUT2D eigenvalue weighted by Crippen LogP contribution is -2.49. The van der Waals surface area contributed by atoms with E-state index in [4.69, 9.17) is 0 Å². The van der Waals surface area contributed by atoms with Crippen molar-refractivity contribution in [2.75, 3.05) is 0 Å². The molecule has 0 amide bonds. The number of hydrogen-bond acceptors (Lipinski definition) is 2. The van der Waals surface area contributed by atoms with Gasteiger partial charge in [0.25, 0.3) is 0 Å². The molecule has 0 atom stereocenters. The molecule has 4 fully saturated rings. The quantitative estimate of drug-likeness (QED) is 0.833. The van der Waals surface area contributed by atoms with E-state index in [0.29, 0.717) is 11.3 Å². The molecule has 1 heterocycles. The van der Waals surface area contributed by atoms with Crippen LogP contribution >= 0.6 is 0 Å². The van der Waals surface area contributed by atoms with Crippen molar-refractivity contribution in [2.45, 2.75) is 64.3 Å². The zero-order valence-electron chi connectivity index (χ0n) is 12.2. The van der Waals surface area contributed by atoms with E-state index in [1.807, 2.05) is 6.33 Å². The fourth-order valence-electron chi connectivity index (χ4n) is 5.58. The van der Waals surface area contributed by atoms with Gasteiger partial charge in [0.1, 0.15) is 12.2 Å². The van der Waals surface area contributed by atoms with Crippen LogP contribution in [0, 0.1) is 23.7 Å². The first-order valence-electron chi connectivity index (χ1n) is 8.03. The van der Waals surface area contributed by atoms with E-state index in [2.05, 4.69) is 28.6 Å². The molecule has 0 N–H and O–H groups in total. The molecule has 104 valence electrons. The van der Waals surface area contributed by atoms with Crippen molar-refractivity contribution in [1.29, 1.82) is 0 Å². The smallest absolute Gasteiger partial charge is 0.139 e. The molecule has 4 saturated carbocycles. The highest BCUT2D eigenvalue weighted by Crippen LogP contribution is 2.60. The normalized spacial score (nSPS) is 40.3. The average Bonchev–Trinajstić information content (AvgIpc) is 2.74. The Balaban J connectivity index is 1.70. The van der Waals surface area contributed by atoms with Crippen molar-refractivity contribution < 1.29 is 0 Å². The van der Waals surface area contributed by atoms with Crippen LogP contribution in [0.2, 0.25) is 0 Å². The van der Waals surface area contributed by atoms with Crippen LogP contribution in [0.4, 0.5) is 0 Å². The summed E-state index contributed by atoms with van der Waals surface area (Å²) >= 11 is 0. The molecule has 0 saturated heterocycles. The minimum Gasteiger partial charge on any atom is -0.317 e. The summed E-state index contributed by atoms with van der Waals surface area (Å²) in [5.41, 5.74) is 0.389. The maximum Gasteiger partial charge on any atom is 0.139 e. The fourth-order valence-corrected chi connectivity index (χ4v) is 5.58. The van der Waals surface area contributed by atoms with Gasteiger partial charge in [0, 0.05) is 12.0 Å². The van der Waals surface area contributed by atoms with Crippen molar-refractivity contribution in [3.63, 3.8) is 0 Å². The molecule has 4 aliphatic carbocycles. The Bertz CT molecular complexity index is 439. The molecule has 5 rings (SSSR count). The summed E-state index contributed by atoms with van der Waals surface area (Å²) in [5, 5.41) is 8.82. The SMILES string of the molecule is CC(C)Cn1cnnc1C12CC3CC(CC(C3)C1)C2. The molecule has 3 heteroatoms. The molecule has 19 heavy (non-hydrogen) atoms. The van der Waals surface area contributed by atoms with Gasteiger partial charge in [-0.2, -0.15) is 0 Å². The van der Waals surface area contributed by atoms with E-state index in [9.17, 15) is 0 Å².